The van der Waals surface area contributed by atoms with Crippen molar-refractivity contribution in [1.82, 2.24) is 0 Å². The highest BCUT2D eigenvalue weighted by molar-refractivity contribution is 5.90. The summed E-state index contributed by atoms with van der Waals surface area (Å²) in [7, 11) is 0. The molecule has 0 heterocycles. The summed E-state index contributed by atoms with van der Waals surface area (Å²) in [6.45, 7) is 2.46. The molecule has 0 spiro atoms. The zero-order valence-electron chi connectivity index (χ0n) is 20.2. The first kappa shape index (κ1) is 21.6. The second-order valence-corrected chi connectivity index (χ2v) is 12.3. The smallest absolute Gasteiger partial charge is 0.335 e. The minimum Gasteiger partial charge on any atom is -0.481 e. The summed E-state index contributed by atoms with van der Waals surface area (Å²) in [5.74, 6) is 1.50. The van der Waals surface area contributed by atoms with Gasteiger partial charge < -0.3 is 10.2 Å². The normalized spacial score (nSPS) is 48.3. The van der Waals surface area contributed by atoms with E-state index in [1.54, 1.807) is 0 Å². The molecule has 4 nitrogen and oxygen atoms in total. The van der Waals surface area contributed by atoms with E-state index in [0.717, 1.165) is 12.8 Å². The highest BCUT2D eigenvalue weighted by atomic mass is 16.4. The molecule has 10 aliphatic rings. The first-order valence-electron chi connectivity index (χ1n) is 13.5. The summed E-state index contributed by atoms with van der Waals surface area (Å²) >= 11 is 0. The minimum absolute atomic E-state index is 0.0186. The molecule has 4 heteroatoms. The molecule has 11 atom stereocenters. The van der Waals surface area contributed by atoms with Crippen molar-refractivity contribution in [3.63, 3.8) is 0 Å². The molecule has 10 rings (SSSR count). The zero-order chi connectivity index (χ0) is 24.1. The fraction of sp³-hybridized carbons (Fsp3) is 0.548. The Morgan fingerprint density at radius 2 is 1.77 bits per heavy atom. The third-order valence-corrected chi connectivity index (χ3v) is 11.1. The van der Waals surface area contributed by atoms with Crippen molar-refractivity contribution in [3.8, 4) is 0 Å². The van der Waals surface area contributed by atoms with Crippen molar-refractivity contribution in [2.75, 3.05) is 0 Å². The van der Waals surface area contributed by atoms with Crippen molar-refractivity contribution in [1.29, 1.82) is 0 Å². The predicted octanol–water partition coefficient (Wildman–Crippen LogP) is 5.82. The zero-order valence-corrected chi connectivity index (χ0v) is 20.2. The van der Waals surface area contributed by atoms with E-state index in [0.29, 0.717) is 53.4 Å². The number of aliphatic carboxylic acids is 2. The maximum absolute atomic E-state index is 12.1. The van der Waals surface area contributed by atoms with Crippen LogP contribution in [0.15, 0.2) is 71.4 Å². The molecule has 35 heavy (non-hydrogen) atoms. The number of hydrogen-bond donors (Lipinski definition) is 2. The number of rotatable bonds is 2. The first-order valence-corrected chi connectivity index (χ1v) is 13.5. The molecule has 0 aromatic carbocycles. The lowest BCUT2D eigenvalue weighted by atomic mass is 9.35. The average molecular weight is 471 g/mol. The molecular formula is C31H34O4. The number of carboxylic acids is 2. The van der Waals surface area contributed by atoms with Gasteiger partial charge in [-0.15, -0.1) is 0 Å². The second kappa shape index (κ2) is 7.44. The Morgan fingerprint density at radius 1 is 0.943 bits per heavy atom. The minimum atomic E-state index is -0.824. The summed E-state index contributed by atoms with van der Waals surface area (Å²) in [4.78, 5) is 24.1. The van der Waals surface area contributed by atoms with E-state index in [9.17, 15) is 19.8 Å². The van der Waals surface area contributed by atoms with Crippen molar-refractivity contribution >= 4 is 11.9 Å². The van der Waals surface area contributed by atoms with Crippen LogP contribution in [0.1, 0.15) is 39.0 Å². The van der Waals surface area contributed by atoms with Gasteiger partial charge in [-0.1, -0.05) is 67.2 Å². The average Bonchev–Trinajstić information content (AvgIpc) is 2.84. The van der Waals surface area contributed by atoms with E-state index >= 15 is 0 Å². The summed E-state index contributed by atoms with van der Waals surface area (Å²) in [6.07, 6.45) is 25.2. The number of carbonyl (C=O) groups is 2. The summed E-state index contributed by atoms with van der Waals surface area (Å²) < 4.78 is 0. The van der Waals surface area contributed by atoms with Gasteiger partial charge in [0.25, 0.3) is 0 Å². The highest BCUT2D eigenvalue weighted by Gasteiger charge is 2.66. The van der Waals surface area contributed by atoms with Crippen LogP contribution in [0, 0.1) is 64.6 Å². The molecule has 0 aliphatic heterocycles. The van der Waals surface area contributed by atoms with Crippen molar-refractivity contribution in [2.45, 2.75) is 39.0 Å². The Labute approximate surface area is 206 Å². The molecule has 3 saturated carbocycles. The number of allylic oxidation sites excluding steroid dienone is 9. The van der Waals surface area contributed by atoms with Crippen LogP contribution < -0.4 is 0 Å². The predicted molar refractivity (Wildman–Crippen MR) is 133 cm³/mol. The van der Waals surface area contributed by atoms with Gasteiger partial charge in [0.1, 0.15) is 0 Å². The topological polar surface area (TPSA) is 74.6 Å². The van der Waals surface area contributed by atoms with Crippen LogP contribution in [0.25, 0.3) is 0 Å². The molecule has 0 aromatic rings. The fourth-order valence-corrected chi connectivity index (χ4v) is 10.1. The standard InChI is InChI=1S/C31H34O4/c1-31-13-5-4-8-24(31)27-21-12-10-17(30(34)35)15-23(21)28(31)26-19-7-3-2-6-18(19)25(27)22-14-16(29(32)33)9-11-20(22)26/h3,5,7,9-14,17-20,22,24-28H,2,4,6,8,15H2,1H3,(H,32,33)(H,34,35). The molecule has 4 bridgehead atoms. The molecule has 2 N–H and O–H groups in total. The Kier molecular flexibility index (Phi) is 4.60. The van der Waals surface area contributed by atoms with Gasteiger partial charge in [-0.3, -0.25) is 4.79 Å². The second-order valence-electron chi connectivity index (χ2n) is 12.3. The molecule has 3 fully saturated rings. The van der Waals surface area contributed by atoms with E-state index in [2.05, 4.69) is 49.5 Å². The quantitative estimate of drug-likeness (QED) is 0.499. The molecule has 0 amide bonds. The van der Waals surface area contributed by atoms with Crippen LogP contribution in [0.3, 0.4) is 0 Å². The summed E-state index contributed by atoms with van der Waals surface area (Å²) in [6, 6.07) is 0. The van der Waals surface area contributed by atoms with E-state index in [-0.39, 0.29) is 17.3 Å². The summed E-state index contributed by atoms with van der Waals surface area (Å²) in [5.41, 5.74) is 3.29. The molecule has 10 aliphatic carbocycles. The van der Waals surface area contributed by atoms with Crippen molar-refractivity contribution in [2.24, 2.45) is 64.6 Å². The van der Waals surface area contributed by atoms with Gasteiger partial charge in [-0.05, 0) is 96.4 Å². The first-order chi connectivity index (χ1) is 16.9. The SMILES string of the molecule is CC12C=CCCC1C1C3=C(CC(C(=O)O)C=C3)C2C2C3C=CC(C(=O)O)=CC3C1C1CCC=CC12. The van der Waals surface area contributed by atoms with Gasteiger partial charge in [0, 0.05) is 0 Å². The van der Waals surface area contributed by atoms with Gasteiger partial charge in [0.05, 0.1) is 11.5 Å². The van der Waals surface area contributed by atoms with E-state index in [4.69, 9.17) is 0 Å². The van der Waals surface area contributed by atoms with Crippen LogP contribution in [-0.2, 0) is 9.59 Å². The van der Waals surface area contributed by atoms with Gasteiger partial charge in [0.15, 0.2) is 0 Å². The van der Waals surface area contributed by atoms with E-state index < -0.39 is 17.9 Å². The molecule has 182 valence electrons. The molecule has 0 aromatic heterocycles. The fourth-order valence-electron chi connectivity index (χ4n) is 10.1. The van der Waals surface area contributed by atoms with Crippen LogP contribution in [0.2, 0.25) is 0 Å². The van der Waals surface area contributed by atoms with Crippen LogP contribution in [0.5, 0.6) is 0 Å². The molecule has 0 saturated heterocycles. The van der Waals surface area contributed by atoms with E-state index in [1.165, 1.54) is 24.0 Å². The van der Waals surface area contributed by atoms with Gasteiger partial charge in [-0.25, -0.2) is 4.79 Å². The van der Waals surface area contributed by atoms with Crippen LogP contribution >= 0.6 is 0 Å². The largest absolute Gasteiger partial charge is 0.481 e. The molecule has 11 unspecified atom stereocenters. The lowest BCUT2D eigenvalue weighted by Crippen LogP contribution is -2.63. The molecular weight excluding hydrogens is 436 g/mol. The van der Waals surface area contributed by atoms with Gasteiger partial charge >= 0.3 is 11.9 Å². The Bertz CT molecular complexity index is 1180. The van der Waals surface area contributed by atoms with Crippen molar-refractivity contribution in [3.05, 3.63) is 71.4 Å². The summed E-state index contributed by atoms with van der Waals surface area (Å²) in [5, 5.41) is 19.8. The monoisotopic (exact) mass is 470 g/mol. The maximum Gasteiger partial charge on any atom is 0.335 e. The van der Waals surface area contributed by atoms with Gasteiger partial charge in [0.2, 0.25) is 0 Å². The van der Waals surface area contributed by atoms with Gasteiger partial charge in [-0.2, -0.15) is 0 Å². The molecule has 0 radical (unpaired) electrons. The number of carboxylic acid groups (broad SMARTS) is 2. The highest BCUT2D eigenvalue weighted by Crippen LogP contribution is 2.71. The Balaban J connectivity index is 1.50. The lowest BCUT2D eigenvalue weighted by molar-refractivity contribution is -0.141. The Hall–Kier alpha value is -2.62. The number of hydrogen-bond acceptors (Lipinski definition) is 2. The third kappa shape index (κ3) is 2.80. The van der Waals surface area contributed by atoms with E-state index in [1.807, 2.05) is 12.2 Å². The van der Waals surface area contributed by atoms with Crippen molar-refractivity contribution < 1.29 is 19.8 Å². The maximum atomic E-state index is 12.1. The lowest BCUT2D eigenvalue weighted by Gasteiger charge is -2.68. The van der Waals surface area contributed by atoms with Crippen LogP contribution in [-0.4, -0.2) is 22.2 Å². The van der Waals surface area contributed by atoms with Crippen LogP contribution in [0.4, 0.5) is 0 Å². The Morgan fingerprint density at radius 3 is 2.57 bits per heavy atom. The third-order valence-electron chi connectivity index (χ3n) is 11.1.